The molecule has 238 valence electrons. The minimum atomic E-state index is -0.513. The van der Waals surface area contributed by atoms with E-state index < -0.39 is 12.0 Å². The second-order valence-electron chi connectivity index (χ2n) is 10.7. The van der Waals surface area contributed by atoms with E-state index in [9.17, 15) is 9.59 Å². The lowest BCUT2D eigenvalue weighted by Gasteiger charge is -2.20. The molecule has 1 aromatic heterocycles. The molecule has 0 bridgehead atoms. The fourth-order valence-electron chi connectivity index (χ4n) is 4.95. The maximum absolute atomic E-state index is 13.3. The number of aromatic amines is 1. The highest BCUT2D eigenvalue weighted by Gasteiger charge is 2.22. The molecule has 1 unspecified atom stereocenters. The Morgan fingerprint density at radius 2 is 1.93 bits per heavy atom. The van der Waals surface area contributed by atoms with Gasteiger partial charge in [-0.3, -0.25) is 4.79 Å². The molecule has 2 N–H and O–H groups in total. The number of allylic oxidation sites excluding steroid dienone is 5. The zero-order chi connectivity index (χ0) is 32.2. The molecular formula is C35H39Cl2N3O5. The van der Waals surface area contributed by atoms with Gasteiger partial charge in [0, 0.05) is 23.4 Å². The second kappa shape index (κ2) is 16.9. The third-order valence-electron chi connectivity index (χ3n) is 7.43. The summed E-state index contributed by atoms with van der Waals surface area (Å²) in [5, 5.41) is 4.26. The van der Waals surface area contributed by atoms with E-state index in [1.54, 1.807) is 43.6 Å². The van der Waals surface area contributed by atoms with Crippen molar-refractivity contribution >= 4 is 35.1 Å². The molecule has 0 spiro atoms. The van der Waals surface area contributed by atoms with Gasteiger partial charge < -0.3 is 24.5 Å². The number of aromatic nitrogens is 2. The Balaban J connectivity index is 1.55. The smallest absolute Gasteiger partial charge is 0.341 e. The van der Waals surface area contributed by atoms with Gasteiger partial charge in [0.15, 0.2) is 0 Å². The maximum Gasteiger partial charge on any atom is 0.341 e. The van der Waals surface area contributed by atoms with Crippen molar-refractivity contribution in [2.24, 2.45) is 0 Å². The summed E-state index contributed by atoms with van der Waals surface area (Å²) >= 11 is 12.6. The summed E-state index contributed by atoms with van der Waals surface area (Å²) in [6, 6.07) is 10.1. The number of unbranched alkanes of at least 4 members (excludes halogenated alkanes) is 1. The van der Waals surface area contributed by atoms with E-state index in [1.165, 1.54) is 12.7 Å². The van der Waals surface area contributed by atoms with Gasteiger partial charge in [-0.1, -0.05) is 60.3 Å². The van der Waals surface area contributed by atoms with Crippen molar-refractivity contribution < 1.29 is 23.8 Å². The number of hydrogen-bond acceptors (Lipinski definition) is 6. The lowest BCUT2D eigenvalue weighted by molar-refractivity contribution is -0.121. The number of esters is 1. The van der Waals surface area contributed by atoms with Gasteiger partial charge in [0.2, 0.25) is 5.91 Å². The van der Waals surface area contributed by atoms with Gasteiger partial charge in [-0.25, -0.2) is 9.78 Å². The zero-order valence-electron chi connectivity index (χ0n) is 25.8. The van der Waals surface area contributed by atoms with Gasteiger partial charge in [0.05, 0.1) is 43.8 Å². The molecule has 10 heteroatoms. The quantitative estimate of drug-likeness (QED) is 0.126. The van der Waals surface area contributed by atoms with Crippen LogP contribution < -0.4 is 10.1 Å². The molecule has 1 aliphatic rings. The third-order valence-corrected chi connectivity index (χ3v) is 7.99. The summed E-state index contributed by atoms with van der Waals surface area (Å²) < 4.78 is 16.2. The van der Waals surface area contributed by atoms with Crippen molar-refractivity contribution in [3.8, 4) is 17.0 Å². The molecule has 1 atom stereocenters. The van der Waals surface area contributed by atoms with E-state index in [0.717, 1.165) is 42.6 Å². The fourth-order valence-corrected chi connectivity index (χ4v) is 5.34. The molecule has 45 heavy (non-hydrogen) atoms. The Labute approximate surface area is 274 Å². The molecule has 1 heterocycles. The monoisotopic (exact) mass is 651 g/mol. The molecule has 1 aliphatic carbocycles. The SMILES string of the molecule is CCCCOc1ccc(C(Cc2ncc(-c3cc(Cl)ccc3Cl)[nH]2)NC(=O)CCCC2=CC=C(OC)C=CC2)cc1C(=O)OC. The van der Waals surface area contributed by atoms with Crippen molar-refractivity contribution in [3.63, 3.8) is 0 Å². The normalized spacial score (nSPS) is 13.4. The molecule has 3 aromatic rings. The molecule has 4 rings (SSSR count). The maximum atomic E-state index is 13.3. The summed E-state index contributed by atoms with van der Waals surface area (Å²) in [5.41, 5.74) is 3.67. The van der Waals surface area contributed by atoms with Crippen LogP contribution in [0.25, 0.3) is 11.3 Å². The van der Waals surface area contributed by atoms with Crippen LogP contribution in [0.3, 0.4) is 0 Å². The lowest BCUT2D eigenvalue weighted by atomic mass is 9.99. The first-order valence-corrected chi connectivity index (χ1v) is 15.8. The number of halogens is 2. The van der Waals surface area contributed by atoms with Gasteiger partial charge in [0.25, 0.3) is 0 Å². The number of methoxy groups -OCH3 is 2. The van der Waals surface area contributed by atoms with Crippen molar-refractivity contribution in [3.05, 3.63) is 105 Å². The molecule has 0 saturated carbocycles. The molecule has 0 saturated heterocycles. The first-order valence-electron chi connectivity index (χ1n) is 15.0. The fraction of sp³-hybridized carbons (Fsp3) is 0.343. The minimum absolute atomic E-state index is 0.106. The van der Waals surface area contributed by atoms with E-state index in [4.69, 9.17) is 37.4 Å². The van der Waals surface area contributed by atoms with Crippen LogP contribution in [-0.4, -0.2) is 42.7 Å². The molecule has 0 radical (unpaired) electrons. The number of carbonyl (C=O) groups excluding carboxylic acids is 2. The number of nitrogens with zero attached hydrogens (tertiary/aromatic N) is 1. The molecule has 0 fully saturated rings. The molecule has 0 aliphatic heterocycles. The Hall–Kier alpha value is -4.01. The summed E-state index contributed by atoms with van der Waals surface area (Å²) in [4.78, 5) is 33.9. The predicted octanol–water partition coefficient (Wildman–Crippen LogP) is 8.34. The van der Waals surface area contributed by atoms with Crippen LogP contribution in [0.15, 0.2) is 78.2 Å². The highest BCUT2D eigenvalue weighted by Crippen LogP contribution is 2.31. The molecular weight excluding hydrogens is 613 g/mol. The van der Waals surface area contributed by atoms with Crippen LogP contribution in [0.1, 0.15) is 73.2 Å². The van der Waals surface area contributed by atoms with Crippen LogP contribution in [-0.2, 0) is 20.7 Å². The van der Waals surface area contributed by atoms with Crippen LogP contribution in [0.5, 0.6) is 5.75 Å². The number of rotatable bonds is 15. The first kappa shape index (κ1) is 33.9. The highest BCUT2D eigenvalue weighted by atomic mass is 35.5. The van der Waals surface area contributed by atoms with Crippen molar-refractivity contribution in [2.45, 2.75) is 57.9 Å². The van der Waals surface area contributed by atoms with Crippen LogP contribution in [0.2, 0.25) is 10.0 Å². The number of amides is 1. The number of ether oxygens (including phenoxy) is 3. The van der Waals surface area contributed by atoms with Crippen LogP contribution >= 0.6 is 23.2 Å². The zero-order valence-corrected chi connectivity index (χ0v) is 27.3. The Morgan fingerprint density at radius 1 is 1.09 bits per heavy atom. The molecule has 8 nitrogen and oxygen atoms in total. The van der Waals surface area contributed by atoms with Gasteiger partial charge in [-0.05, 0) is 73.7 Å². The molecule has 2 aromatic carbocycles. The minimum Gasteiger partial charge on any atom is -0.497 e. The number of nitrogens with one attached hydrogen (secondary N) is 2. The average Bonchev–Trinajstić information content (AvgIpc) is 3.38. The van der Waals surface area contributed by atoms with E-state index >= 15 is 0 Å². The first-order chi connectivity index (χ1) is 21.8. The van der Waals surface area contributed by atoms with Crippen molar-refractivity contribution in [2.75, 3.05) is 20.8 Å². The number of imidazole rings is 1. The largest absolute Gasteiger partial charge is 0.497 e. The van der Waals surface area contributed by atoms with Crippen molar-refractivity contribution in [1.29, 1.82) is 0 Å². The summed E-state index contributed by atoms with van der Waals surface area (Å²) in [6.45, 7) is 2.55. The summed E-state index contributed by atoms with van der Waals surface area (Å²) in [5.74, 6) is 1.25. The standard InChI is InChI=1S/C35H39Cl2N3O5/c1-4-5-18-45-32-17-13-24(19-28(32)35(42)44-3)30(21-33-38-22-31(39-33)27-20-25(36)14-16-29(27)37)40-34(41)11-7-9-23-8-6-10-26(43-2)15-12-23/h6,10,12-17,19-20,22,30H,4-5,7-9,11,18,21H2,1-3H3,(H,38,39)(H,40,41). The number of benzene rings is 2. The van der Waals surface area contributed by atoms with E-state index in [1.807, 2.05) is 18.2 Å². The Bertz CT molecular complexity index is 1580. The topological polar surface area (TPSA) is 103 Å². The van der Waals surface area contributed by atoms with E-state index in [2.05, 4.69) is 34.4 Å². The lowest BCUT2D eigenvalue weighted by Crippen LogP contribution is -2.30. The second-order valence-corrected chi connectivity index (χ2v) is 11.5. The Morgan fingerprint density at radius 3 is 2.71 bits per heavy atom. The van der Waals surface area contributed by atoms with Gasteiger partial charge >= 0.3 is 5.97 Å². The number of hydrogen-bond donors (Lipinski definition) is 2. The van der Waals surface area contributed by atoms with Gasteiger partial charge in [-0.15, -0.1) is 0 Å². The van der Waals surface area contributed by atoms with Crippen molar-refractivity contribution in [1.82, 2.24) is 15.3 Å². The third kappa shape index (κ3) is 9.74. The Kier molecular flexibility index (Phi) is 12.7. The summed E-state index contributed by atoms with van der Waals surface area (Å²) in [6.07, 6.45) is 14.5. The number of carbonyl (C=O) groups is 2. The summed E-state index contributed by atoms with van der Waals surface area (Å²) in [7, 11) is 2.98. The van der Waals surface area contributed by atoms with Gasteiger partial charge in [0.1, 0.15) is 22.9 Å². The van der Waals surface area contributed by atoms with E-state index in [0.29, 0.717) is 58.7 Å². The van der Waals surface area contributed by atoms with E-state index in [-0.39, 0.29) is 5.91 Å². The predicted molar refractivity (Wildman–Crippen MR) is 178 cm³/mol. The van der Waals surface area contributed by atoms with Gasteiger partial charge in [-0.2, -0.15) is 0 Å². The highest BCUT2D eigenvalue weighted by molar-refractivity contribution is 6.35. The molecule has 1 amide bonds. The van der Waals surface area contributed by atoms with Crippen LogP contribution in [0.4, 0.5) is 0 Å². The van der Waals surface area contributed by atoms with Crippen LogP contribution in [0, 0.1) is 0 Å². The average molecular weight is 653 g/mol. The number of H-pyrrole nitrogens is 1.